The Morgan fingerprint density at radius 1 is 1.53 bits per heavy atom. The highest BCUT2D eigenvalue weighted by molar-refractivity contribution is 9.10. The average Bonchev–Trinajstić information content (AvgIpc) is 2.69. The van der Waals surface area contributed by atoms with Gasteiger partial charge in [0.25, 0.3) is 0 Å². The van der Waals surface area contributed by atoms with E-state index >= 15 is 0 Å². The third kappa shape index (κ3) is 2.91. The van der Waals surface area contributed by atoms with E-state index < -0.39 is 5.97 Å². The van der Waals surface area contributed by atoms with E-state index in [0.29, 0.717) is 16.8 Å². The molecular weight excluding hydrogens is 286 g/mol. The highest BCUT2D eigenvalue weighted by atomic mass is 79.9. The van der Waals surface area contributed by atoms with Gasteiger partial charge in [-0.05, 0) is 28.1 Å². The Labute approximate surface area is 106 Å². The van der Waals surface area contributed by atoms with Crippen LogP contribution >= 0.6 is 15.9 Å². The Hall–Kier alpha value is -1.69. The quantitative estimate of drug-likeness (QED) is 0.907. The lowest BCUT2D eigenvalue weighted by molar-refractivity contribution is -0.136. The van der Waals surface area contributed by atoms with Gasteiger partial charge < -0.3 is 10.1 Å². The smallest absolute Gasteiger partial charge is 0.303 e. The first-order chi connectivity index (χ1) is 8.16. The van der Waals surface area contributed by atoms with Crippen molar-refractivity contribution in [2.75, 3.05) is 0 Å². The van der Waals surface area contributed by atoms with Gasteiger partial charge in [0.1, 0.15) is 10.4 Å². The Bertz CT molecular complexity index is 525. The minimum atomic E-state index is -0.825. The van der Waals surface area contributed by atoms with Gasteiger partial charge >= 0.3 is 5.97 Å². The van der Waals surface area contributed by atoms with E-state index in [1.54, 1.807) is 12.4 Å². The zero-order valence-electron chi connectivity index (χ0n) is 8.85. The van der Waals surface area contributed by atoms with E-state index in [0.717, 1.165) is 11.3 Å². The summed E-state index contributed by atoms with van der Waals surface area (Å²) in [6.07, 6.45) is 3.88. The molecule has 0 aliphatic rings. The third-order valence-electron chi connectivity index (χ3n) is 2.25. The zero-order valence-corrected chi connectivity index (χ0v) is 10.4. The van der Waals surface area contributed by atoms with Crippen LogP contribution in [0.4, 0.5) is 0 Å². The number of H-pyrrole nitrogens is 1. The van der Waals surface area contributed by atoms with Crippen LogP contribution in [0.25, 0.3) is 11.4 Å². The fraction of sp³-hybridized carbons (Fsp3) is 0.182. The maximum atomic E-state index is 10.5. The van der Waals surface area contributed by atoms with Gasteiger partial charge in [-0.2, -0.15) is 0 Å². The Morgan fingerprint density at radius 3 is 3.00 bits per heavy atom. The Balaban J connectivity index is 2.22. The lowest BCUT2D eigenvalue weighted by Crippen LogP contribution is -1.98. The summed E-state index contributed by atoms with van der Waals surface area (Å²) in [5, 5.41) is 8.63. The molecule has 0 aliphatic carbocycles. The first-order valence-electron chi connectivity index (χ1n) is 5.03. The topological polar surface area (TPSA) is 78.9 Å². The standard InChI is InChI=1S/C11H10BrN3O2/c12-10-8(3-4-9(16)17)14-11(15-10)7-2-1-5-13-6-7/h1-2,5-6H,3-4H2,(H,14,15)(H,16,17). The van der Waals surface area contributed by atoms with Gasteiger partial charge in [-0.1, -0.05) is 0 Å². The number of imidazole rings is 1. The molecule has 0 amide bonds. The normalized spacial score (nSPS) is 10.4. The predicted octanol–water partition coefficient (Wildman–Crippen LogP) is 2.25. The number of nitrogens with zero attached hydrogens (tertiary/aromatic N) is 2. The minimum absolute atomic E-state index is 0.0767. The first kappa shape index (κ1) is 11.8. The maximum Gasteiger partial charge on any atom is 0.303 e. The number of halogens is 1. The van der Waals surface area contributed by atoms with Crippen LogP contribution in [0.3, 0.4) is 0 Å². The van der Waals surface area contributed by atoms with Crippen LogP contribution in [0.2, 0.25) is 0 Å². The number of aromatic amines is 1. The summed E-state index contributed by atoms with van der Waals surface area (Å²) < 4.78 is 0.651. The van der Waals surface area contributed by atoms with Gasteiger partial charge in [-0.15, -0.1) is 0 Å². The Morgan fingerprint density at radius 2 is 2.35 bits per heavy atom. The Kier molecular flexibility index (Phi) is 3.53. The second kappa shape index (κ2) is 5.09. The van der Waals surface area contributed by atoms with Gasteiger partial charge in [0.15, 0.2) is 0 Å². The van der Waals surface area contributed by atoms with Crippen molar-refractivity contribution in [1.82, 2.24) is 15.0 Å². The van der Waals surface area contributed by atoms with Crippen LogP contribution in [0.5, 0.6) is 0 Å². The van der Waals surface area contributed by atoms with E-state index in [1.807, 2.05) is 12.1 Å². The molecule has 2 N–H and O–H groups in total. The lowest BCUT2D eigenvalue weighted by atomic mass is 10.2. The zero-order chi connectivity index (χ0) is 12.3. The number of nitrogens with one attached hydrogen (secondary N) is 1. The third-order valence-corrected chi connectivity index (χ3v) is 2.91. The van der Waals surface area contributed by atoms with Crippen molar-refractivity contribution in [3.05, 3.63) is 34.8 Å². The molecule has 0 aliphatic heterocycles. The highest BCUT2D eigenvalue weighted by Gasteiger charge is 2.10. The van der Waals surface area contributed by atoms with Crippen LogP contribution in [-0.2, 0) is 11.2 Å². The summed E-state index contributed by atoms with van der Waals surface area (Å²) in [6, 6.07) is 3.71. The van der Waals surface area contributed by atoms with E-state index in [-0.39, 0.29) is 6.42 Å². The van der Waals surface area contributed by atoms with Crippen LogP contribution in [0.1, 0.15) is 12.1 Å². The average molecular weight is 296 g/mol. The van der Waals surface area contributed by atoms with Crippen LogP contribution in [0, 0.1) is 0 Å². The molecule has 88 valence electrons. The number of hydrogen-bond donors (Lipinski definition) is 2. The molecule has 0 spiro atoms. The maximum absolute atomic E-state index is 10.5. The fourth-order valence-electron chi connectivity index (χ4n) is 1.43. The molecule has 0 unspecified atom stereocenters. The van der Waals surface area contributed by atoms with Crippen LogP contribution < -0.4 is 0 Å². The SMILES string of the molecule is O=C(O)CCc1[nH]c(-c2cccnc2)nc1Br. The molecule has 0 bridgehead atoms. The van der Waals surface area contributed by atoms with Gasteiger partial charge in [-0.3, -0.25) is 9.78 Å². The van der Waals surface area contributed by atoms with Gasteiger partial charge in [0.05, 0.1) is 12.1 Å². The molecular formula is C11H10BrN3O2. The second-order valence-electron chi connectivity index (χ2n) is 3.49. The van der Waals surface area contributed by atoms with Gasteiger partial charge in [0, 0.05) is 24.4 Å². The number of aromatic nitrogens is 3. The molecule has 2 aromatic heterocycles. The summed E-state index contributed by atoms with van der Waals surface area (Å²) >= 11 is 3.31. The minimum Gasteiger partial charge on any atom is -0.481 e. The van der Waals surface area contributed by atoms with Crippen molar-refractivity contribution >= 4 is 21.9 Å². The number of rotatable bonds is 4. The molecule has 17 heavy (non-hydrogen) atoms. The summed E-state index contributed by atoms with van der Waals surface area (Å²) in [6.45, 7) is 0. The number of carboxylic acids is 1. The number of hydrogen-bond acceptors (Lipinski definition) is 3. The molecule has 0 saturated heterocycles. The number of pyridine rings is 1. The molecule has 5 nitrogen and oxygen atoms in total. The molecule has 6 heteroatoms. The van der Waals surface area contributed by atoms with E-state index in [1.165, 1.54) is 0 Å². The number of carboxylic acid groups (broad SMARTS) is 1. The second-order valence-corrected chi connectivity index (χ2v) is 4.24. The predicted molar refractivity (Wildman–Crippen MR) is 65.5 cm³/mol. The number of aryl methyl sites for hydroxylation is 1. The number of aliphatic carboxylic acids is 1. The van der Waals surface area contributed by atoms with E-state index in [9.17, 15) is 4.79 Å². The monoisotopic (exact) mass is 295 g/mol. The molecule has 0 aromatic carbocycles. The van der Waals surface area contributed by atoms with Crippen molar-refractivity contribution in [3.63, 3.8) is 0 Å². The van der Waals surface area contributed by atoms with Gasteiger partial charge in [0.2, 0.25) is 0 Å². The molecule has 0 fully saturated rings. The molecule has 2 heterocycles. The summed E-state index contributed by atoms with van der Waals surface area (Å²) in [7, 11) is 0. The molecule has 2 aromatic rings. The number of carbonyl (C=O) groups is 1. The first-order valence-corrected chi connectivity index (χ1v) is 5.82. The molecule has 2 rings (SSSR count). The summed E-state index contributed by atoms with van der Waals surface area (Å²) in [5.41, 5.74) is 1.65. The van der Waals surface area contributed by atoms with Crippen molar-refractivity contribution in [1.29, 1.82) is 0 Å². The summed E-state index contributed by atoms with van der Waals surface area (Å²) in [5.74, 6) is -0.139. The highest BCUT2D eigenvalue weighted by Crippen LogP contribution is 2.21. The van der Waals surface area contributed by atoms with Crippen molar-refractivity contribution in [2.45, 2.75) is 12.8 Å². The summed E-state index contributed by atoms with van der Waals surface area (Å²) in [4.78, 5) is 21.9. The lowest BCUT2D eigenvalue weighted by Gasteiger charge is -1.95. The van der Waals surface area contributed by atoms with Crippen molar-refractivity contribution < 1.29 is 9.90 Å². The van der Waals surface area contributed by atoms with E-state index in [4.69, 9.17) is 5.11 Å². The molecule has 0 atom stereocenters. The molecule has 0 saturated carbocycles. The van der Waals surface area contributed by atoms with Crippen molar-refractivity contribution in [2.24, 2.45) is 0 Å². The van der Waals surface area contributed by atoms with E-state index in [2.05, 4.69) is 30.9 Å². The van der Waals surface area contributed by atoms with Crippen molar-refractivity contribution in [3.8, 4) is 11.4 Å². The molecule has 0 radical (unpaired) electrons. The largest absolute Gasteiger partial charge is 0.481 e. The fourth-order valence-corrected chi connectivity index (χ4v) is 1.90. The van der Waals surface area contributed by atoms with Gasteiger partial charge in [-0.25, -0.2) is 4.98 Å². The van der Waals surface area contributed by atoms with Crippen LogP contribution in [0.15, 0.2) is 29.1 Å². The van der Waals surface area contributed by atoms with Crippen LogP contribution in [-0.4, -0.2) is 26.0 Å².